The number of hydrogen-bond acceptors (Lipinski definition) is 6. The van der Waals surface area contributed by atoms with Crippen LogP contribution in [0.1, 0.15) is 19.8 Å². The number of nitrogen functional groups attached to an aromatic ring is 1. The van der Waals surface area contributed by atoms with E-state index in [1.807, 2.05) is 6.92 Å². The van der Waals surface area contributed by atoms with Gasteiger partial charge in [0.1, 0.15) is 0 Å². The van der Waals surface area contributed by atoms with Crippen molar-refractivity contribution in [2.75, 3.05) is 30.3 Å². The van der Waals surface area contributed by atoms with Gasteiger partial charge in [0.15, 0.2) is 16.6 Å². The zero-order chi connectivity index (χ0) is 11.8. The molecule has 2 aliphatic rings. The highest BCUT2D eigenvalue weighted by Gasteiger charge is 2.35. The minimum atomic E-state index is 0.367. The van der Waals surface area contributed by atoms with Crippen molar-refractivity contribution < 1.29 is 9.47 Å². The van der Waals surface area contributed by atoms with Gasteiger partial charge in [-0.1, -0.05) is 0 Å². The number of rotatable bonds is 3. The van der Waals surface area contributed by atoms with E-state index in [2.05, 4.69) is 9.27 Å². The lowest BCUT2D eigenvalue weighted by atomic mass is 10.2. The quantitative estimate of drug-likeness (QED) is 0.886. The van der Waals surface area contributed by atoms with Crippen LogP contribution in [0.15, 0.2) is 0 Å². The predicted molar refractivity (Wildman–Crippen MR) is 67.8 cm³/mol. The highest BCUT2D eigenvalue weighted by molar-refractivity contribution is 7.11. The number of hydrogen-bond donors (Lipinski definition) is 1. The molecule has 0 aromatic carbocycles. The van der Waals surface area contributed by atoms with E-state index in [9.17, 15) is 0 Å². The maximum Gasteiger partial charge on any atom is 0.197 e. The van der Waals surface area contributed by atoms with Crippen LogP contribution in [0, 0.1) is 0 Å². The zero-order valence-electron chi connectivity index (χ0n) is 9.89. The van der Waals surface area contributed by atoms with Gasteiger partial charge in [0, 0.05) is 13.1 Å². The smallest absolute Gasteiger partial charge is 0.197 e. The van der Waals surface area contributed by atoms with Gasteiger partial charge in [0.25, 0.3) is 0 Å². The summed E-state index contributed by atoms with van der Waals surface area (Å²) in [6.07, 6.45) is 3.07. The second-order valence-electron chi connectivity index (χ2n) is 4.50. The van der Waals surface area contributed by atoms with Crippen LogP contribution in [0.3, 0.4) is 0 Å². The molecule has 2 unspecified atom stereocenters. The Balaban J connectivity index is 1.83. The van der Waals surface area contributed by atoms with Crippen LogP contribution < -0.4 is 15.4 Å². The lowest BCUT2D eigenvalue weighted by Crippen LogP contribution is -2.42. The molecule has 2 aliphatic heterocycles. The average molecular weight is 255 g/mol. The second kappa shape index (κ2) is 4.34. The van der Waals surface area contributed by atoms with E-state index < -0.39 is 0 Å². The molecule has 5 nitrogen and oxygen atoms in total. The molecule has 17 heavy (non-hydrogen) atoms. The highest BCUT2D eigenvalue weighted by Crippen LogP contribution is 2.41. The van der Waals surface area contributed by atoms with Crippen LogP contribution in [0.2, 0.25) is 0 Å². The van der Waals surface area contributed by atoms with Crippen molar-refractivity contribution in [2.24, 2.45) is 0 Å². The fourth-order valence-electron chi connectivity index (χ4n) is 2.55. The van der Waals surface area contributed by atoms with Crippen LogP contribution in [-0.2, 0) is 4.74 Å². The monoisotopic (exact) mass is 255 g/mol. The third kappa shape index (κ3) is 1.95. The average Bonchev–Trinajstić information content (AvgIpc) is 2.84. The Morgan fingerprint density at radius 1 is 1.47 bits per heavy atom. The molecular weight excluding hydrogens is 238 g/mol. The Labute approximate surface area is 105 Å². The number of fused-ring (bicyclic) bond motifs is 2. The first-order chi connectivity index (χ1) is 8.28. The minimum absolute atomic E-state index is 0.367. The molecule has 2 atom stereocenters. The van der Waals surface area contributed by atoms with Crippen LogP contribution in [0.5, 0.6) is 5.75 Å². The van der Waals surface area contributed by atoms with Gasteiger partial charge in [0.05, 0.1) is 18.8 Å². The number of morpholine rings is 1. The maximum atomic E-state index is 5.84. The van der Waals surface area contributed by atoms with Gasteiger partial charge in [-0.2, -0.15) is 4.37 Å². The first-order valence-corrected chi connectivity index (χ1v) is 6.83. The minimum Gasteiger partial charge on any atom is -0.487 e. The van der Waals surface area contributed by atoms with Crippen molar-refractivity contribution >= 4 is 22.4 Å². The Kier molecular flexibility index (Phi) is 2.84. The van der Waals surface area contributed by atoms with Crippen LogP contribution in [0.25, 0.3) is 0 Å². The topological polar surface area (TPSA) is 60.6 Å². The van der Waals surface area contributed by atoms with Gasteiger partial charge in [-0.15, -0.1) is 0 Å². The SMILES string of the molecule is CCOc1c(N)nsc1N1CC2CCC(C1)O2. The van der Waals surface area contributed by atoms with Gasteiger partial charge in [-0.25, -0.2) is 0 Å². The number of anilines is 2. The molecule has 2 bridgehead atoms. The summed E-state index contributed by atoms with van der Waals surface area (Å²) in [6, 6.07) is 0. The van der Waals surface area contributed by atoms with Crippen LogP contribution in [0.4, 0.5) is 10.8 Å². The second-order valence-corrected chi connectivity index (χ2v) is 5.25. The molecule has 6 heteroatoms. The number of nitrogens with zero attached hydrogens (tertiary/aromatic N) is 2. The van der Waals surface area contributed by atoms with Crippen molar-refractivity contribution in [1.29, 1.82) is 0 Å². The summed E-state index contributed by atoms with van der Waals surface area (Å²) in [5, 5.41) is 1.06. The molecule has 1 aromatic rings. The van der Waals surface area contributed by atoms with E-state index >= 15 is 0 Å². The van der Waals surface area contributed by atoms with Crippen molar-refractivity contribution in [3.63, 3.8) is 0 Å². The molecule has 1 aromatic heterocycles. The number of nitrogens with two attached hydrogens (primary N) is 1. The highest BCUT2D eigenvalue weighted by atomic mass is 32.1. The first kappa shape index (κ1) is 11.1. The van der Waals surface area contributed by atoms with Crippen molar-refractivity contribution in [1.82, 2.24) is 4.37 Å². The molecule has 3 rings (SSSR count). The van der Waals surface area contributed by atoms with E-state index in [0.717, 1.165) is 23.8 Å². The summed E-state index contributed by atoms with van der Waals surface area (Å²) in [6.45, 7) is 4.44. The summed E-state index contributed by atoms with van der Waals surface area (Å²) in [7, 11) is 0. The largest absolute Gasteiger partial charge is 0.487 e. The Hall–Kier alpha value is -1.01. The fraction of sp³-hybridized carbons (Fsp3) is 0.727. The standard InChI is InChI=1S/C11H17N3O2S/c1-2-15-9-10(12)13-17-11(9)14-5-7-3-4-8(6-14)16-7/h7-8H,2-6H2,1H3,(H2,12,13). The van der Waals surface area contributed by atoms with Gasteiger partial charge in [0.2, 0.25) is 0 Å². The summed E-state index contributed by atoms with van der Waals surface area (Å²) in [5.74, 6) is 1.25. The molecule has 0 amide bonds. The molecular formula is C11H17N3O2S. The first-order valence-electron chi connectivity index (χ1n) is 6.06. The zero-order valence-corrected chi connectivity index (χ0v) is 10.7. The molecule has 0 aliphatic carbocycles. The van der Waals surface area contributed by atoms with E-state index in [1.165, 1.54) is 24.4 Å². The van der Waals surface area contributed by atoms with E-state index in [4.69, 9.17) is 15.2 Å². The third-order valence-corrected chi connectivity index (χ3v) is 4.18. The van der Waals surface area contributed by atoms with Crippen LogP contribution in [-0.4, -0.2) is 36.3 Å². The van der Waals surface area contributed by atoms with Gasteiger partial charge in [-0.3, -0.25) is 0 Å². The Bertz CT molecular complexity index is 397. The Morgan fingerprint density at radius 2 is 2.18 bits per heavy atom. The summed E-state index contributed by atoms with van der Waals surface area (Å²) in [4.78, 5) is 2.31. The van der Waals surface area contributed by atoms with Crippen molar-refractivity contribution in [3.8, 4) is 5.75 Å². The number of aromatic nitrogens is 1. The molecule has 0 spiro atoms. The lowest BCUT2D eigenvalue weighted by molar-refractivity contribution is 0.0306. The predicted octanol–water partition coefficient (Wildman–Crippen LogP) is 1.49. The van der Waals surface area contributed by atoms with Crippen LogP contribution >= 0.6 is 11.5 Å². The van der Waals surface area contributed by atoms with Gasteiger partial charge in [-0.05, 0) is 31.3 Å². The van der Waals surface area contributed by atoms with E-state index in [1.54, 1.807) is 0 Å². The summed E-state index contributed by atoms with van der Waals surface area (Å²) >= 11 is 1.42. The Morgan fingerprint density at radius 3 is 2.82 bits per heavy atom. The number of ether oxygens (including phenoxy) is 2. The fourth-order valence-corrected chi connectivity index (χ4v) is 3.33. The molecule has 94 valence electrons. The molecule has 0 radical (unpaired) electrons. The van der Waals surface area contributed by atoms with Gasteiger partial charge < -0.3 is 20.1 Å². The maximum absolute atomic E-state index is 5.84. The van der Waals surface area contributed by atoms with Gasteiger partial charge >= 0.3 is 0 Å². The molecule has 0 saturated carbocycles. The summed E-state index contributed by atoms with van der Waals surface area (Å²) in [5.41, 5.74) is 5.84. The normalized spacial score (nSPS) is 27.5. The van der Waals surface area contributed by atoms with E-state index in [0.29, 0.717) is 24.6 Å². The van der Waals surface area contributed by atoms with Crippen molar-refractivity contribution in [2.45, 2.75) is 32.0 Å². The molecule has 2 fully saturated rings. The molecule has 3 heterocycles. The molecule has 2 saturated heterocycles. The summed E-state index contributed by atoms with van der Waals surface area (Å²) < 4.78 is 15.6. The van der Waals surface area contributed by atoms with Crippen molar-refractivity contribution in [3.05, 3.63) is 0 Å². The molecule has 2 N–H and O–H groups in total. The van der Waals surface area contributed by atoms with E-state index in [-0.39, 0.29) is 0 Å². The lowest BCUT2D eigenvalue weighted by Gasteiger charge is -2.32. The third-order valence-electron chi connectivity index (χ3n) is 3.28.